The SMILES string of the molecule is O=C(N[C@H](Cc1ccc(F)cc1)C(=O)O)OCc1cc2cc(-c3cccnc3)ccc2o1.O=C(N[C@H](Cc1ccccc1)C(=O)O)OCC1Cc2cc(-c3ccccc3)ccc2O1. The van der Waals surface area contributed by atoms with Gasteiger partial charge in [0.15, 0.2) is 6.61 Å². The van der Waals surface area contributed by atoms with Gasteiger partial charge in [-0.2, -0.15) is 0 Å². The zero-order valence-electron chi connectivity index (χ0n) is 33.7. The third-order valence-corrected chi connectivity index (χ3v) is 10.0. The van der Waals surface area contributed by atoms with Crippen LogP contribution in [0.3, 0.4) is 0 Å². The molecule has 0 saturated heterocycles. The zero-order valence-corrected chi connectivity index (χ0v) is 33.7. The third-order valence-electron chi connectivity index (χ3n) is 10.0. The number of fused-ring (bicyclic) bond motifs is 2. The van der Waals surface area contributed by atoms with Crippen molar-refractivity contribution in [3.05, 3.63) is 180 Å². The lowest BCUT2D eigenvalue weighted by Gasteiger charge is -2.16. The highest BCUT2D eigenvalue weighted by molar-refractivity contribution is 5.84. The second kappa shape index (κ2) is 20.5. The van der Waals surface area contributed by atoms with Gasteiger partial charge < -0.3 is 39.5 Å². The fraction of sp³-hybridized carbons (Fsp3) is 0.163. The van der Waals surface area contributed by atoms with E-state index in [4.69, 9.17) is 18.6 Å². The predicted molar refractivity (Wildman–Crippen MR) is 230 cm³/mol. The maximum absolute atomic E-state index is 13.0. The summed E-state index contributed by atoms with van der Waals surface area (Å²) in [6.07, 6.45) is 2.30. The highest BCUT2D eigenvalue weighted by Crippen LogP contribution is 2.33. The van der Waals surface area contributed by atoms with Gasteiger partial charge in [0.25, 0.3) is 0 Å². The number of carbonyl (C=O) groups excluding carboxylic acids is 2. The first-order chi connectivity index (χ1) is 30.6. The van der Waals surface area contributed by atoms with E-state index in [2.05, 4.69) is 33.8 Å². The minimum Gasteiger partial charge on any atom is -0.486 e. The highest BCUT2D eigenvalue weighted by atomic mass is 19.1. The quantitative estimate of drug-likeness (QED) is 0.0821. The maximum Gasteiger partial charge on any atom is 0.408 e. The van der Waals surface area contributed by atoms with Gasteiger partial charge >= 0.3 is 24.1 Å². The topological polar surface area (TPSA) is 187 Å². The van der Waals surface area contributed by atoms with Crippen LogP contribution in [0, 0.1) is 5.82 Å². The smallest absolute Gasteiger partial charge is 0.408 e. The maximum atomic E-state index is 13.0. The van der Waals surface area contributed by atoms with E-state index in [1.807, 2.05) is 91.0 Å². The molecule has 2 aromatic heterocycles. The normalized spacial score (nSPS) is 13.6. The zero-order chi connectivity index (χ0) is 44.1. The molecule has 2 amide bonds. The summed E-state index contributed by atoms with van der Waals surface area (Å²) in [5.74, 6) is -1.56. The van der Waals surface area contributed by atoms with Crippen LogP contribution in [0.5, 0.6) is 5.75 Å². The molecule has 3 atom stereocenters. The number of halogens is 1. The Morgan fingerprint density at radius 1 is 0.683 bits per heavy atom. The van der Waals surface area contributed by atoms with E-state index in [9.17, 15) is 33.8 Å². The summed E-state index contributed by atoms with van der Waals surface area (Å²) >= 11 is 0. The largest absolute Gasteiger partial charge is 0.486 e. The Morgan fingerprint density at radius 2 is 1.30 bits per heavy atom. The molecule has 63 heavy (non-hydrogen) atoms. The summed E-state index contributed by atoms with van der Waals surface area (Å²) in [5.41, 5.74) is 7.25. The molecule has 13 nitrogen and oxygen atoms in total. The second-order valence-electron chi connectivity index (χ2n) is 14.6. The average Bonchev–Trinajstić information content (AvgIpc) is 3.92. The monoisotopic (exact) mass is 851 g/mol. The van der Waals surface area contributed by atoms with E-state index in [1.165, 1.54) is 24.3 Å². The van der Waals surface area contributed by atoms with Gasteiger partial charge in [0.2, 0.25) is 0 Å². The summed E-state index contributed by atoms with van der Waals surface area (Å²) in [5, 5.41) is 24.4. The van der Waals surface area contributed by atoms with Gasteiger partial charge in [-0.3, -0.25) is 4.98 Å². The van der Waals surface area contributed by atoms with E-state index >= 15 is 0 Å². The van der Waals surface area contributed by atoms with Crippen molar-refractivity contribution in [3.63, 3.8) is 0 Å². The van der Waals surface area contributed by atoms with Gasteiger partial charge in [0.05, 0.1) is 0 Å². The summed E-state index contributed by atoms with van der Waals surface area (Å²) in [7, 11) is 0. The number of ether oxygens (including phenoxy) is 3. The Balaban J connectivity index is 0.000000189. The Labute approximate surface area is 361 Å². The fourth-order valence-corrected chi connectivity index (χ4v) is 6.89. The molecule has 1 unspecified atom stereocenters. The van der Waals surface area contributed by atoms with Crippen molar-refractivity contribution in [2.75, 3.05) is 6.61 Å². The van der Waals surface area contributed by atoms with Crippen LogP contribution in [-0.2, 0) is 44.9 Å². The number of aliphatic carboxylic acids is 2. The molecule has 0 aliphatic carbocycles. The number of carboxylic acids is 2. The van der Waals surface area contributed by atoms with Crippen LogP contribution >= 0.6 is 0 Å². The van der Waals surface area contributed by atoms with Crippen LogP contribution < -0.4 is 15.4 Å². The molecule has 5 aromatic carbocycles. The molecule has 14 heteroatoms. The highest BCUT2D eigenvalue weighted by Gasteiger charge is 2.27. The fourth-order valence-electron chi connectivity index (χ4n) is 6.89. The Bertz CT molecular complexity index is 2660. The minimum absolute atomic E-state index is 0.00747. The van der Waals surface area contributed by atoms with Crippen LogP contribution in [0.25, 0.3) is 33.2 Å². The number of nitrogens with zero attached hydrogens (tertiary/aromatic N) is 1. The molecule has 0 radical (unpaired) electrons. The number of rotatable bonds is 14. The molecule has 0 saturated carbocycles. The molecular weight excluding hydrogens is 810 g/mol. The molecule has 4 N–H and O–H groups in total. The molecular formula is C49H42FN3O10. The Kier molecular flexibility index (Phi) is 14.0. The molecule has 0 bridgehead atoms. The lowest BCUT2D eigenvalue weighted by molar-refractivity contribution is -0.140. The summed E-state index contributed by atoms with van der Waals surface area (Å²) < 4.78 is 35.0. The average molecular weight is 852 g/mol. The molecule has 320 valence electrons. The third kappa shape index (κ3) is 12.1. The number of amides is 2. The molecule has 1 aliphatic rings. The molecule has 7 aromatic rings. The van der Waals surface area contributed by atoms with E-state index in [0.29, 0.717) is 23.3 Å². The molecule has 0 fully saturated rings. The first-order valence-corrected chi connectivity index (χ1v) is 19.9. The first-order valence-electron chi connectivity index (χ1n) is 19.9. The van der Waals surface area contributed by atoms with E-state index in [0.717, 1.165) is 44.5 Å². The van der Waals surface area contributed by atoms with E-state index < -0.39 is 42.0 Å². The van der Waals surface area contributed by atoms with Gasteiger partial charge in [-0.05, 0) is 81.9 Å². The lowest BCUT2D eigenvalue weighted by Crippen LogP contribution is -2.43. The molecule has 8 rings (SSSR count). The van der Waals surface area contributed by atoms with Crippen LogP contribution in [0.15, 0.2) is 156 Å². The van der Waals surface area contributed by atoms with Crippen molar-refractivity contribution in [3.8, 4) is 28.0 Å². The Morgan fingerprint density at radius 3 is 1.97 bits per heavy atom. The number of furan rings is 1. The van der Waals surface area contributed by atoms with Crippen LogP contribution in [0.1, 0.15) is 22.5 Å². The number of benzene rings is 5. The van der Waals surface area contributed by atoms with Gasteiger partial charge in [0, 0.05) is 42.6 Å². The number of alkyl carbamates (subject to hydrolysis) is 2. The van der Waals surface area contributed by atoms with Gasteiger partial charge in [0.1, 0.15) is 47.7 Å². The van der Waals surface area contributed by atoms with Crippen molar-refractivity contribution in [1.82, 2.24) is 15.6 Å². The first kappa shape index (κ1) is 43.1. The standard InChI is InChI=1S/C25H23NO5.C24H19FN2O5/c27-24(28)22(13-17-7-3-1-4-8-17)26-25(29)30-16-21-15-20-14-19(11-12-23(20)31-21)18-9-5-2-6-10-18;25-19-6-3-15(4-7-19)10-21(23(28)29)27-24(30)31-14-20-12-18-11-16(5-8-22(18)32-20)17-2-1-9-26-13-17/h1-12,14,21-22H,13,15-16H2,(H,26,29)(H,27,28);1-9,11-13,21H,10,14H2,(H,27,30)(H,28,29)/t21?,22-;21-/m11/s1. The van der Waals surface area contributed by atoms with Gasteiger partial charge in [-0.1, -0.05) is 91.0 Å². The lowest BCUT2D eigenvalue weighted by atomic mass is 10.0. The summed E-state index contributed by atoms with van der Waals surface area (Å²) in [6, 6.07) is 39.6. The van der Waals surface area contributed by atoms with Crippen molar-refractivity contribution in [2.24, 2.45) is 0 Å². The number of nitrogens with one attached hydrogen (secondary N) is 2. The van der Waals surface area contributed by atoms with E-state index in [-0.39, 0.29) is 32.2 Å². The predicted octanol–water partition coefficient (Wildman–Crippen LogP) is 8.64. The second-order valence-corrected chi connectivity index (χ2v) is 14.6. The van der Waals surface area contributed by atoms with Gasteiger partial charge in [-0.25, -0.2) is 23.6 Å². The number of aromatic nitrogens is 1. The number of hydrogen-bond donors (Lipinski definition) is 4. The summed E-state index contributed by atoms with van der Waals surface area (Å²) in [4.78, 5) is 51.4. The van der Waals surface area contributed by atoms with Crippen molar-refractivity contribution < 1.29 is 52.4 Å². The number of carboxylic acid groups (broad SMARTS) is 2. The van der Waals surface area contributed by atoms with Crippen LogP contribution in [0.4, 0.5) is 14.0 Å². The van der Waals surface area contributed by atoms with Crippen LogP contribution in [-0.4, -0.2) is 64.1 Å². The van der Waals surface area contributed by atoms with E-state index in [1.54, 1.807) is 18.5 Å². The number of hydrogen-bond acceptors (Lipinski definition) is 9. The van der Waals surface area contributed by atoms with Crippen molar-refractivity contribution >= 4 is 35.1 Å². The van der Waals surface area contributed by atoms with Crippen molar-refractivity contribution in [2.45, 2.75) is 44.1 Å². The minimum atomic E-state index is -1.22. The van der Waals surface area contributed by atoms with Crippen molar-refractivity contribution in [1.29, 1.82) is 0 Å². The number of carbonyl (C=O) groups is 4. The molecule has 3 heterocycles. The molecule has 0 spiro atoms. The van der Waals surface area contributed by atoms with Gasteiger partial charge in [-0.15, -0.1) is 0 Å². The van der Waals surface area contributed by atoms with Crippen LogP contribution in [0.2, 0.25) is 0 Å². The molecule has 1 aliphatic heterocycles. The Hall–Kier alpha value is -8.00. The summed E-state index contributed by atoms with van der Waals surface area (Å²) in [6.45, 7) is -0.121. The number of pyridine rings is 1.